The summed E-state index contributed by atoms with van der Waals surface area (Å²) in [5.74, 6) is 0.203. The molecule has 2 aromatic carbocycles. The van der Waals surface area contributed by atoms with Gasteiger partial charge in [0.15, 0.2) is 0 Å². The fourth-order valence-electron chi connectivity index (χ4n) is 2.87. The number of H-pyrrole nitrogens is 1. The van der Waals surface area contributed by atoms with Crippen LogP contribution < -0.4 is 10.0 Å². The van der Waals surface area contributed by atoms with E-state index in [1.807, 2.05) is 30.5 Å². The topological polar surface area (TPSA) is 86.3 Å². The maximum Gasteiger partial charge on any atom is 0.266 e. The van der Waals surface area contributed by atoms with Crippen molar-refractivity contribution >= 4 is 44.2 Å². The van der Waals surface area contributed by atoms with Crippen LogP contribution in [-0.2, 0) is 16.4 Å². The number of hydrogen-bond acceptors (Lipinski definition) is 3. The van der Waals surface area contributed by atoms with E-state index in [1.165, 1.54) is 6.07 Å². The van der Waals surface area contributed by atoms with Crippen LogP contribution in [0.2, 0.25) is 5.02 Å². The minimum absolute atomic E-state index is 0.160. The van der Waals surface area contributed by atoms with Gasteiger partial charge in [0.25, 0.3) is 10.0 Å². The maximum absolute atomic E-state index is 12.3. The Labute approximate surface area is 150 Å². The van der Waals surface area contributed by atoms with Crippen LogP contribution in [0.25, 0.3) is 10.9 Å². The summed E-state index contributed by atoms with van der Waals surface area (Å²) in [6.45, 7) is 0.447. The lowest BCUT2D eigenvalue weighted by Gasteiger charge is -2.21. The summed E-state index contributed by atoms with van der Waals surface area (Å²) < 4.78 is 27.0. The van der Waals surface area contributed by atoms with Gasteiger partial charge in [-0.05, 0) is 36.2 Å². The van der Waals surface area contributed by atoms with E-state index in [-0.39, 0.29) is 10.9 Å². The summed E-state index contributed by atoms with van der Waals surface area (Å²) in [6, 6.07) is 12.6. The van der Waals surface area contributed by atoms with Gasteiger partial charge >= 0.3 is 0 Å². The zero-order valence-corrected chi connectivity index (χ0v) is 14.7. The lowest BCUT2D eigenvalue weighted by Crippen LogP contribution is -2.40. The molecule has 3 aromatic rings. The number of halogens is 1. The largest absolute Gasteiger partial charge is 0.361 e. The van der Waals surface area contributed by atoms with Crippen LogP contribution in [0, 0.1) is 0 Å². The second-order valence-electron chi connectivity index (χ2n) is 5.71. The van der Waals surface area contributed by atoms with E-state index in [0.29, 0.717) is 23.7 Å². The van der Waals surface area contributed by atoms with Crippen LogP contribution in [-0.4, -0.2) is 25.9 Å². The van der Waals surface area contributed by atoms with Crippen LogP contribution in [0.4, 0.5) is 5.69 Å². The molecular formula is C17H15ClN4O2S. The lowest BCUT2D eigenvalue weighted by molar-refractivity contribution is 0.591. The Morgan fingerprint density at radius 3 is 2.84 bits per heavy atom. The number of nitrogens with zero attached hydrogens (tertiary/aromatic N) is 1. The van der Waals surface area contributed by atoms with Crippen LogP contribution in [0.1, 0.15) is 5.56 Å². The quantitative estimate of drug-likeness (QED) is 0.658. The molecule has 1 aliphatic heterocycles. The van der Waals surface area contributed by atoms with Gasteiger partial charge < -0.3 is 10.3 Å². The summed E-state index contributed by atoms with van der Waals surface area (Å²) in [5, 5.41) is 4.59. The van der Waals surface area contributed by atoms with Crippen molar-refractivity contribution < 1.29 is 8.42 Å². The van der Waals surface area contributed by atoms with Gasteiger partial charge in [0.1, 0.15) is 4.90 Å². The molecule has 6 nitrogen and oxygen atoms in total. The first kappa shape index (κ1) is 16.0. The molecule has 8 heteroatoms. The molecule has 0 atom stereocenters. The first-order chi connectivity index (χ1) is 12.0. The molecule has 0 amide bonds. The van der Waals surface area contributed by atoms with E-state index in [4.69, 9.17) is 11.6 Å². The van der Waals surface area contributed by atoms with Gasteiger partial charge in [-0.2, -0.15) is 0 Å². The van der Waals surface area contributed by atoms with Crippen molar-refractivity contribution in [3.8, 4) is 0 Å². The van der Waals surface area contributed by atoms with Gasteiger partial charge in [0.2, 0.25) is 5.96 Å². The van der Waals surface area contributed by atoms with E-state index in [1.54, 1.807) is 12.1 Å². The lowest BCUT2D eigenvalue weighted by atomic mass is 10.1. The number of benzene rings is 2. The van der Waals surface area contributed by atoms with Crippen molar-refractivity contribution in [3.63, 3.8) is 0 Å². The number of rotatable bonds is 3. The summed E-state index contributed by atoms with van der Waals surface area (Å²) >= 11 is 5.95. The van der Waals surface area contributed by atoms with Gasteiger partial charge in [-0.15, -0.1) is 0 Å². The van der Waals surface area contributed by atoms with E-state index in [9.17, 15) is 8.42 Å². The second-order valence-corrected chi connectivity index (χ2v) is 7.80. The Balaban J connectivity index is 1.55. The van der Waals surface area contributed by atoms with E-state index in [2.05, 4.69) is 20.0 Å². The predicted molar refractivity (Wildman–Crippen MR) is 99.7 cm³/mol. The highest BCUT2D eigenvalue weighted by Crippen LogP contribution is 2.27. The molecule has 0 saturated heterocycles. The molecule has 128 valence electrons. The third-order valence-corrected chi connectivity index (χ3v) is 5.67. The first-order valence-electron chi connectivity index (χ1n) is 7.72. The van der Waals surface area contributed by atoms with E-state index in [0.717, 1.165) is 16.5 Å². The molecule has 0 unspecified atom stereocenters. The molecule has 1 aliphatic rings. The molecule has 0 bridgehead atoms. The van der Waals surface area contributed by atoms with Crippen molar-refractivity contribution in [3.05, 3.63) is 59.2 Å². The van der Waals surface area contributed by atoms with Crippen molar-refractivity contribution in [1.82, 2.24) is 9.71 Å². The molecule has 0 fully saturated rings. The van der Waals surface area contributed by atoms with Gasteiger partial charge in [-0.3, -0.25) is 4.99 Å². The Kier molecular flexibility index (Phi) is 3.89. The Bertz CT molecular complexity index is 1090. The molecule has 0 saturated carbocycles. The third kappa shape index (κ3) is 3.08. The zero-order valence-electron chi connectivity index (χ0n) is 13.1. The van der Waals surface area contributed by atoms with Crippen molar-refractivity contribution in [2.75, 3.05) is 11.9 Å². The first-order valence-corrected chi connectivity index (χ1v) is 9.58. The number of hydrogen-bond donors (Lipinski definition) is 3. The van der Waals surface area contributed by atoms with Crippen LogP contribution >= 0.6 is 11.6 Å². The van der Waals surface area contributed by atoms with Gasteiger partial charge in [0.05, 0.1) is 5.69 Å². The molecule has 3 N–H and O–H groups in total. The molecule has 0 radical (unpaired) electrons. The Hall–Kier alpha value is -2.51. The predicted octanol–water partition coefficient (Wildman–Crippen LogP) is 3.12. The SMILES string of the molecule is O=S1(=O)NC(=NCCc2c[nH]c3ccccc23)Nc2cc(Cl)ccc21. The number of para-hydroxylation sites is 1. The van der Waals surface area contributed by atoms with Gasteiger partial charge in [-0.1, -0.05) is 29.8 Å². The molecule has 0 aliphatic carbocycles. The van der Waals surface area contributed by atoms with Crippen LogP contribution in [0.5, 0.6) is 0 Å². The van der Waals surface area contributed by atoms with Crippen LogP contribution in [0.3, 0.4) is 0 Å². The van der Waals surface area contributed by atoms with Crippen molar-refractivity contribution in [1.29, 1.82) is 0 Å². The highest BCUT2D eigenvalue weighted by Gasteiger charge is 2.26. The van der Waals surface area contributed by atoms with Gasteiger partial charge in [-0.25, -0.2) is 13.1 Å². The highest BCUT2D eigenvalue weighted by atomic mass is 35.5. The normalized spacial score (nSPS) is 17.1. The molecule has 1 aromatic heterocycles. The molecule has 0 spiro atoms. The standard InChI is InChI=1S/C17H15ClN4O2S/c18-12-5-6-16-15(9-12)21-17(22-25(16,23)24)19-8-7-11-10-20-14-4-2-1-3-13(11)14/h1-6,9-10,20H,7-8H2,(H2,19,21,22). The number of anilines is 1. The average Bonchev–Trinajstić information content (AvgIpc) is 2.97. The number of sulfonamides is 1. The van der Waals surface area contributed by atoms with E-state index < -0.39 is 10.0 Å². The minimum Gasteiger partial charge on any atom is -0.361 e. The van der Waals surface area contributed by atoms with E-state index >= 15 is 0 Å². The van der Waals surface area contributed by atoms with Crippen molar-refractivity contribution in [2.45, 2.75) is 11.3 Å². The molecule has 25 heavy (non-hydrogen) atoms. The number of aliphatic imine (C=N–C) groups is 1. The zero-order chi connectivity index (χ0) is 17.4. The monoisotopic (exact) mass is 374 g/mol. The summed E-state index contributed by atoms with van der Waals surface area (Å²) in [5.41, 5.74) is 2.64. The minimum atomic E-state index is -3.63. The summed E-state index contributed by atoms with van der Waals surface area (Å²) in [4.78, 5) is 7.73. The number of aromatic amines is 1. The number of guanidine groups is 1. The number of nitrogens with one attached hydrogen (secondary N) is 3. The number of fused-ring (bicyclic) bond motifs is 2. The van der Waals surface area contributed by atoms with Gasteiger partial charge in [0, 0.05) is 28.7 Å². The average molecular weight is 375 g/mol. The fourth-order valence-corrected chi connectivity index (χ4v) is 4.17. The smallest absolute Gasteiger partial charge is 0.266 e. The Morgan fingerprint density at radius 1 is 1.12 bits per heavy atom. The fraction of sp³-hybridized carbons (Fsp3) is 0.118. The van der Waals surface area contributed by atoms with Crippen LogP contribution in [0.15, 0.2) is 58.5 Å². The van der Waals surface area contributed by atoms with Crippen molar-refractivity contribution in [2.24, 2.45) is 4.99 Å². The third-order valence-electron chi connectivity index (χ3n) is 4.04. The maximum atomic E-state index is 12.3. The highest BCUT2D eigenvalue weighted by molar-refractivity contribution is 7.90. The summed E-state index contributed by atoms with van der Waals surface area (Å²) in [7, 11) is -3.63. The molecular weight excluding hydrogens is 360 g/mol. The summed E-state index contributed by atoms with van der Waals surface area (Å²) in [6.07, 6.45) is 2.65. The number of aromatic nitrogens is 1. The second kappa shape index (κ2) is 6.09. The Morgan fingerprint density at radius 2 is 1.96 bits per heavy atom. The molecule has 2 heterocycles. The molecule has 4 rings (SSSR count).